The van der Waals surface area contributed by atoms with Crippen LogP contribution in [0.15, 0.2) is 45.6 Å². The summed E-state index contributed by atoms with van der Waals surface area (Å²) in [4.78, 5) is 34.3. The number of ether oxygens (including phenoxy) is 4. The third-order valence-corrected chi connectivity index (χ3v) is 6.73. The molecular formula is C23H27N3O6S. The maximum atomic E-state index is 13.0. The van der Waals surface area contributed by atoms with Gasteiger partial charge in [0.2, 0.25) is 5.91 Å². The number of aliphatic imine (C=N–C) groups is 1. The van der Waals surface area contributed by atoms with Gasteiger partial charge in [-0.15, -0.1) is 0 Å². The smallest absolute Gasteiger partial charge is 0.338 e. The van der Waals surface area contributed by atoms with Gasteiger partial charge in [0.25, 0.3) is 0 Å². The summed E-state index contributed by atoms with van der Waals surface area (Å²) in [5, 5.41) is 2.63. The third-order valence-electron chi connectivity index (χ3n) is 5.84. The molecule has 0 radical (unpaired) electrons. The van der Waals surface area contributed by atoms with Crippen LogP contribution in [0.4, 0.5) is 0 Å². The zero-order valence-corrected chi connectivity index (χ0v) is 19.9. The Morgan fingerprint density at radius 2 is 1.94 bits per heavy atom. The molecule has 0 unspecified atom stereocenters. The molecule has 3 heterocycles. The van der Waals surface area contributed by atoms with Crippen molar-refractivity contribution < 1.29 is 28.5 Å². The first-order chi connectivity index (χ1) is 16.0. The van der Waals surface area contributed by atoms with Crippen LogP contribution in [0.3, 0.4) is 0 Å². The molecule has 0 bridgehead atoms. The second kappa shape index (κ2) is 9.88. The van der Waals surface area contributed by atoms with Gasteiger partial charge >= 0.3 is 5.97 Å². The van der Waals surface area contributed by atoms with Crippen molar-refractivity contribution in [2.24, 2.45) is 4.99 Å². The molecule has 1 aromatic rings. The molecule has 10 heteroatoms. The number of nitrogens with zero attached hydrogens (tertiary/aromatic N) is 3. The van der Waals surface area contributed by atoms with Gasteiger partial charge in [0, 0.05) is 30.4 Å². The second-order valence-electron chi connectivity index (χ2n) is 7.66. The predicted molar refractivity (Wildman–Crippen MR) is 124 cm³/mol. The number of carbonyl (C=O) groups is 2. The highest BCUT2D eigenvalue weighted by atomic mass is 32.2. The Bertz CT molecular complexity index is 1040. The lowest BCUT2D eigenvalue weighted by molar-refractivity contribution is -0.136. The lowest BCUT2D eigenvalue weighted by Crippen LogP contribution is -2.42. The number of amides is 1. The number of fused-ring (bicyclic) bond motifs is 1. The van der Waals surface area contributed by atoms with Crippen molar-refractivity contribution in [1.82, 2.24) is 9.80 Å². The van der Waals surface area contributed by atoms with E-state index in [0.717, 1.165) is 11.3 Å². The van der Waals surface area contributed by atoms with E-state index in [-0.39, 0.29) is 12.3 Å². The Hall–Kier alpha value is -2.98. The molecule has 0 N–H and O–H groups in total. The first-order valence-corrected chi connectivity index (χ1v) is 11.5. The minimum Gasteiger partial charge on any atom is -0.497 e. The summed E-state index contributed by atoms with van der Waals surface area (Å²) < 4.78 is 21.5. The normalized spacial score (nSPS) is 20.2. The number of allylic oxidation sites excluding steroid dienone is 1. The maximum absolute atomic E-state index is 13.0. The molecule has 0 aliphatic carbocycles. The lowest BCUT2D eigenvalue weighted by Gasteiger charge is -2.37. The van der Waals surface area contributed by atoms with Crippen LogP contribution in [0.1, 0.15) is 24.9 Å². The largest absolute Gasteiger partial charge is 0.497 e. The fourth-order valence-electron chi connectivity index (χ4n) is 4.16. The van der Waals surface area contributed by atoms with Crippen molar-refractivity contribution in [1.29, 1.82) is 0 Å². The Morgan fingerprint density at radius 1 is 1.18 bits per heavy atom. The van der Waals surface area contributed by atoms with Gasteiger partial charge in [-0.2, -0.15) is 0 Å². The van der Waals surface area contributed by atoms with Gasteiger partial charge in [-0.1, -0.05) is 11.8 Å². The molecule has 0 spiro atoms. The van der Waals surface area contributed by atoms with E-state index in [2.05, 4.69) is 4.99 Å². The minimum atomic E-state index is -0.565. The number of methoxy groups -OCH3 is 3. The standard InChI is InChI=1S/C23H27N3O6S/c1-14-20(22(28)31-4)21(17-6-5-16(29-2)12-18(17)30-3)26-15(13-33-23(26)24-14)11-19(27)25-7-9-32-10-8-25/h5-6,12-13,21H,7-11H2,1-4H3/t21-/m0/s1. The summed E-state index contributed by atoms with van der Waals surface area (Å²) in [6, 6.07) is 4.89. The number of hydrogen-bond acceptors (Lipinski definition) is 9. The molecule has 3 aliphatic rings. The van der Waals surface area contributed by atoms with Crippen LogP contribution < -0.4 is 9.47 Å². The molecule has 3 aliphatic heterocycles. The first-order valence-electron chi connectivity index (χ1n) is 10.6. The number of thioether (sulfide) groups is 1. The van der Waals surface area contributed by atoms with Crippen LogP contribution in [0.5, 0.6) is 11.5 Å². The second-order valence-corrected chi connectivity index (χ2v) is 8.50. The number of benzene rings is 1. The zero-order chi connectivity index (χ0) is 23.5. The number of hydrogen-bond donors (Lipinski definition) is 0. The van der Waals surface area contributed by atoms with Gasteiger partial charge < -0.3 is 28.7 Å². The Balaban J connectivity index is 1.75. The van der Waals surface area contributed by atoms with E-state index in [4.69, 9.17) is 18.9 Å². The Labute approximate surface area is 197 Å². The van der Waals surface area contributed by atoms with Crippen LogP contribution in [-0.4, -0.2) is 74.5 Å². The van der Waals surface area contributed by atoms with Gasteiger partial charge in [0.15, 0.2) is 5.17 Å². The maximum Gasteiger partial charge on any atom is 0.338 e. The highest BCUT2D eigenvalue weighted by Gasteiger charge is 2.42. The average molecular weight is 474 g/mol. The minimum absolute atomic E-state index is 0.0118. The quantitative estimate of drug-likeness (QED) is 0.583. The summed E-state index contributed by atoms with van der Waals surface area (Å²) in [6.07, 6.45) is 0.189. The monoisotopic (exact) mass is 473 g/mol. The number of amidine groups is 1. The van der Waals surface area contributed by atoms with E-state index < -0.39 is 12.0 Å². The van der Waals surface area contributed by atoms with Crippen LogP contribution in [0.25, 0.3) is 0 Å². The highest BCUT2D eigenvalue weighted by molar-refractivity contribution is 8.16. The molecular weight excluding hydrogens is 446 g/mol. The van der Waals surface area contributed by atoms with E-state index in [1.165, 1.54) is 18.9 Å². The molecule has 4 rings (SSSR count). The number of rotatable bonds is 6. The van der Waals surface area contributed by atoms with E-state index in [0.29, 0.717) is 54.2 Å². The third kappa shape index (κ3) is 4.45. The van der Waals surface area contributed by atoms with Crippen LogP contribution in [0.2, 0.25) is 0 Å². The molecule has 0 aromatic heterocycles. The average Bonchev–Trinajstić information content (AvgIpc) is 3.24. The molecule has 1 aromatic carbocycles. The molecule has 176 valence electrons. The van der Waals surface area contributed by atoms with Gasteiger partial charge in [-0.05, 0) is 24.5 Å². The van der Waals surface area contributed by atoms with Gasteiger partial charge in [-0.3, -0.25) is 4.79 Å². The van der Waals surface area contributed by atoms with Crippen molar-refractivity contribution in [2.45, 2.75) is 19.4 Å². The van der Waals surface area contributed by atoms with Gasteiger partial charge in [0.1, 0.15) is 11.5 Å². The topological polar surface area (TPSA) is 89.9 Å². The van der Waals surface area contributed by atoms with Crippen LogP contribution in [0, 0.1) is 0 Å². The van der Waals surface area contributed by atoms with Gasteiger partial charge in [-0.25, -0.2) is 9.79 Å². The van der Waals surface area contributed by atoms with Crippen molar-refractivity contribution >= 4 is 28.8 Å². The summed E-state index contributed by atoms with van der Waals surface area (Å²) in [6.45, 7) is 4.01. The summed E-state index contributed by atoms with van der Waals surface area (Å²) >= 11 is 1.43. The SMILES string of the molecule is COC(=O)C1=C(C)N=C2SC=C(CC(=O)N3CCOCC3)N2[C@H]1c1ccc(OC)cc1OC. The summed E-state index contributed by atoms with van der Waals surface area (Å²) in [7, 11) is 4.50. The van der Waals surface area contributed by atoms with Crippen molar-refractivity contribution in [3.63, 3.8) is 0 Å². The molecule has 1 amide bonds. The van der Waals surface area contributed by atoms with E-state index >= 15 is 0 Å². The van der Waals surface area contributed by atoms with Crippen molar-refractivity contribution in [2.75, 3.05) is 47.6 Å². The molecule has 1 saturated heterocycles. The Morgan fingerprint density at radius 3 is 2.61 bits per heavy atom. The van der Waals surface area contributed by atoms with Crippen molar-refractivity contribution in [3.05, 3.63) is 46.1 Å². The summed E-state index contributed by atoms with van der Waals surface area (Å²) in [5.41, 5.74) is 2.49. The van der Waals surface area contributed by atoms with E-state index in [1.54, 1.807) is 32.1 Å². The van der Waals surface area contributed by atoms with Crippen LogP contribution in [-0.2, 0) is 19.1 Å². The Kier molecular flexibility index (Phi) is 6.94. The fourth-order valence-corrected chi connectivity index (χ4v) is 5.12. The van der Waals surface area contributed by atoms with Crippen molar-refractivity contribution in [3.8, 4) is 11.5 Å². The lowest BCUT2D eigenvalue weighted by atomic mass is 9.93. The number of carbonyl (C=O) groups excluding carboxylic acids is 2. The molecule has 1 fully saturated rings. The molecule has 1 atom stereocenters. The van der Waals surface area contributed by atoms with Gasteiger partial charge in [0.05, 0.1) is 58.3 Å². The molecule has 33 heavy (non-hydrogen) atoms. The number of morpholine rings is 1. The zero-order valence-electron chi connectivity index (χ0n) is 19.1. The van der Waals surface area contributed by atoms with E-state index in [1.807, 2.05) is 22.4 Å². The first kappa shape index (κ1) is 23.2. The number of esters is 1. The fraction of sp³-hybridized carbons (Fsp3) is 0.435. The van der Waals surface area contributed by atoms with Crippen LogP contribution >= 0.6 is 11.8 Å². The predicted octanol–water partition coefficient (Wildman–Crippen LogP) is 2.70. The molecule has 0 saturated carbocycles. The highest BCUT2D eigenvalue weighted by Crippen LogP contribution is 2.47. The summed E-state index contributed by atoms with van der Waals surface area (Å²) in [5.74, 6) is 0.729. The molecule has 9 nitrogen and oxygen atoms in total. The van der Waals surface area contributed by atoms with E-state index in [9.17, 15) is 9.59 Å².